The van der Waals surface area contributed by atoms with E-state index in [1.807, 2.05) is 11.3 Å². The average Bonchev–Trinajstić information content (AvgIpc) is 3.04. The van der Waals surface area contributed by atoms with E-state index in [0.29, 0.717) is 6.04 Å². The van der Waals surface area contributed by atoms with Gasteiger partial charge in [-0.2, -0.15) is 0 Å². The summed E-state index contributed by atoms with van der Waals surface area (Å²) in [4.78, 5) is 2.61. The molecule has 0 saturated carbocycles. The van der Waals surface area contributed by atoms with Crippen LogP contribution in [-0.4, -0.2) is 36.3 Å². The Labute approximate surface area is 125 Å². The number of hydrogen-bond acceptors (Lipinski definition) is 4. The van der Waals surface area contributed by atoms with Crippen LogP contribution in [0.5, 0.6) is 0 Å². The van der Waals surface area contributed by atoms with E-state index in [1.165, 1.54) is 49.5 Å². The van der Waals surface area contributed by atoms with Crippen LogP contribution in [0.3, 0.4) is 0 Å². The van der Waals surface area contributed by atoms with Gasteiger partial charge in [0.2, 0.25) is 0 Å². The first-order valence-electron chi connectivity index (χ1n) is 7.53. The van der Waals surface area contributed by atoms with Gasteiger partial charge >= 0.3 is 0 Å². The fraction of sp³-hybridized carbons (Fsp3) is 0.733. The topological polar surface area (TPSA) is 15.3 Å². The molecule has 1 saturated heterocycles. The maximum atomic E-state index is 3.78. The Morgan fingerprint density at radius 1 is 1.37 bits per heavy atom. The maximum absolute atomic E-state index is 3.78. The van der Waals surface area contributed by atoms with E-state index < -0.39 is 0 Å². The molecule has 1 aromatic heterocycles. The summed E-state index contributed by atoms with van der Waals surface area (Å²) in [7, 11) is 0. The van der Waals surface area contributed by atoms with Crippen LogP contribution in [0.4, 0.5) is 0 Å². The van der Waals surface area contributed by atoms with E-state index in [-0.39, 0.29) is 0 Å². The molecule has 2 aliphatic heterocycles. The van der Waals surface area contributed by atoms with Gasteiger partial charge in [0, 0.05) is 11.3 Å². The number of nitrogens with one attached hydrogen (secondary N) is 1. The third-order valence-corrected chi connectivity index (χ3v) is 6.49. The van der Waals surface area contributed by atoms with Crippen molar-refractivity contribution in [2.45, 2.75) is 48.1 Å². The van der Waals surface area contributed by atoms with Gasteiger partial charge in [0.1, 0.15) is 0 Å². The second kappa shape index (κ2) is 6.61. The third-order valence-electron chi connectivity index (χ3n) is 4.15. The fourth-order valence-electron chi connectivity index (χ4n) is 3.13. The monoisotopic (exact) mass is 296 g/mol. The Balaban J connectivity index is 1.45. The van der Waals surface area contributed by atoms with Crippen LogP contribution in [0.15, 0.2) is 15.7 Å². The first-order valence-corrected chi connectivity index (χ1v) is 9.28. The second-order valence-electron chi connectivity index (χ2n) is 5.74. The minimum Gasteiger partial charge on any atom is -0.310 e. The average molecular weight is 297 g/mol. The molecule has 19 heavy (non-hydrogen) atoms. The summed E-state index contributed by atoms with van der Waals surface area (Å²) in [6, 6.07) is 2.91. The molecule has 106 valence electrons. The van der Waals surface area contributed by atoms with E-state index in [0.717, 1.165) is 11.8 Å². The molecule has 0 amide bonds. The lowest BCUT2D eigenvalue weighted by molar-refractivity contribution is 0.326. The first kappa shape index (κ1) is 13.9. The zero-order chi connectivity index (χ0) is 13.1. The lowest BCUT2D eigenvalue weighted by Crippen LogP contribution is -2.29. The van der Waals surface area contributed by atoms with Gasteiger partial charge in [-0.25, -0.2) is 0 Å². The van der Waals surface area contributed by atoms with E-state index in [2.05, 4.69) is 40.3 Å². The van der Waals surface area contributed by atoms with E-state index in [9.17, 15) is 0 Å². The van der Waals surface area contributed by atoms with Crippen LogP contribution in [0.1, 0.15) is 44.2 Å². The van der Waals surface area contributed by atoms with Crippen LogP contribution in [-0.2, 0) is 0 Å². The van der Waals surface area contributed by atoms with Crippen LogP contribution in [0, 0.1) is 0 Å². The number of nitrogens with zero attached hydrogens (tertiary/aromatic N) is 1. The molecule has 0 aromatic carbocycles. The summed E-state index contributed by atoms with van der Waals surface area (Å²) in [6.07, 6.45) is 5.38. The summed E-state index contributed by atoms with van der Waals surface area (Å²) in [5, 5.41) is 6.78. The van der Waals surface area contributed by atoms with Gasteiger partial charge in [-0.05, 0) is 68.9 Å². The molecule has 2 atom stereocenters. The second-order valence-corrected chi connectivity index (χ2v) is 8.36. The molecule has 1 fully saturated rings. The fourth-order valence-corrected chi connectivity index (χ4v) is 5.69. The Morgan fingerprint density at radius 2 is 2.21 bits per heavy atom. The predicted octanol–water partition coefficient (Wildman–Crippen LogP) is 3.75. The molecule has 2 nitrogen and oxygen atoms in total. The molecule has 4 heteroatoms. The van der Waals surface area contributed by atoms with Crippen molar-refractivity contribution in [3.8, 4) is 0 Å². The summed E-state index contributed by atoms with van der Waals surface area (Å²) < 4.78 is 1.54. The van der Waals surface area contributed by atoms with Gasteiger partial charge < -0.3 is 10.2 Å². The van der Waals surface area contributed by atoms with Crippen molar-refractivity contribution >= 4 is 23.1 Å². The van der Waals surface area contributed by atoms with Gasteiger partial charge in [0.25, 0.3) is 0 Å². The van der Waals surface area contributed by atoms with Crippen molar-refractivity contribution in [2.75, 3.05) is 26.2 Å². The number of thioether (sulfide) groups is 1. The summed E-state index contributed by atoms with van der Waals surface area (Å²) in [5.41, 5.74) is 1.55. The van der Waals surface area contributed by atoms with Crippen LogP contribution >= 0.6 is 23.1 Å². The van der Waals surface area contributed by atoms with Crippen molar-refractivity contribution in [3.05, 3.63) is 17.0 Å². The minimum absolute atomic E-state index is 0.594. The zero-order valence-electron chi connectivity index (χ0n) is 11.7. The number of hydrogen-bond donors (Lipinski definition) is 1. The van der Waals surface area contributed by atoms with E-state index in [1.54, 1.807) is 5.56 Å². The Bertz CT molecular complexity index is 399. The largest absolute Gasteiger partial charge is 0.310 e. The highest BCUT2D eigenvalue weighted by molar-refractivity contribution is 8.01. The summed E-state index contributed by atoms with van der Waals surface area (Å²) >= 11 is 3.96. The zero-order valence-corrected chi connectivity index (χ0v) is 13.4. The predicted molar refractivity (Wildman–Crippen MR) is 85.3 cm³/mol. The van der Waals surface area contributed by atoms with Crippen molar-refractivity contribution < 1.29 is 0 Å². The molecule has 3 heterocycles. The number of rotatable bonds is 5. The van der Waals surface area contributed by atoms with Crippen LogP contribution in [0.25, 0.3) is 0 Å². The van der Waals surface area contributed by atoms with Gasteiger partial charge in [-0.15, -0.1) is 23.1 Å². The van der Waals surface area contributed by atoms with Gasteiger partial charge in [0.05, 0.1) is 4.21 Å². The first-order chi connectivity index (χ1) is 9.33. The van der Waals surface area contributed by atoms with Gasteiger partial charge in [-0.1, -0.05) is 6.92 Å². The minimum atomic E-state index is 0.594. The number of likely N-dealkylation sites (tertiary alicyclic amines) is 1. The standard InChI is InChI=1S/C15H24N2S2/c1-12-11-14(13-5-10-18-15(13)19-12)16-6-4-9-17-7-2-3-8-17/h5,10,12,14,16H,2-4,6-9,11H2,1H3/t12-,14?/m0/s1. The third kappa shape index (κ3) is 3.54. The Morgan fingerprint density at radius 3 is 3.05 bits per heavy atom. The van der Waals surface area contributed by atoms with E-state index >= 15 is 0 Å². The molecule has 3 rings (SSSR count). The van der Waals surface area contributed by atoms with Crippen molar-refractivity contribution in [2.24, 2.45) is 0 Å². The lowest BCUT2D eigenvalue weighted by Gasteiger charge is -2.28. The lowest BCUT2D eigenvalue weighted by atomic mass is 10.0. The highest BCUT2D eigenvalue weighted by Crippen LogP contribution is 2.43. The van der Waals surface area contributed by atoms with Crippen molar-refractivity contribution in [1.82, 2.24) is 10.2 Å². The molecule has 1 aromatic rings. The maximum Gasteiger partial charge on any atom is 0.0649 e. The van der Waals surface area contributed by atoms with Crippen molar-refractivity contribution in [1.29, 1.82) is 0 Å². The molecular formula is C15H24N2S2. The molecule has 0 bridgehead atoms. The molecule has 2 aliphatic rings. The highest BCUT2D eigenvalue weighted by Gasteiger charge is 2.25. The van der Waals surface area contributed by atoms with Gasteiger partial charge in [-0.3, -0.25) is 0 Å². The Kier molecular flexibility index (Phi) is 4.85. The van der Waals surface area contributed by atoms with Crippen molar-refractivity contribution in [3.63, 3.8) is 0 Å². The number of fused-ring (bicyclic) bond motifs is 1. The molecule has 0 spiro atoms. The van der Waals surface area contributed by atoms with Crippen LogP contribution in [0.2, 0.25) is 0 Å². The molecular weight excluding hydrogens is 272 g/mol. The normalized spacial score (nSPS) is 27.6. The SMILES string of the molecule is C[C@H]1CC(NCCCN2CCCC2)c2ccsc2S1. The quantitative estimate of drug-likeness (QED) is 0.833. The molecule has 1 N–H and O–H groups in total. The smallest absolute Gasteiger partial charge is 0.0649 e. The highest BCUT2D eigenvalue weighted by atomic mass is 32.2. The van der Waals surface area contributed by atoms with Crippen LogP contribution < -0.4 is 5.32 Å². The van der Waals surface area contributed by atoms with E-state index in [4.69, 9.17) is 0 Å². The molecule has 0 aliphatic carbocycles. The summed E-state index contributed by atoms with van der Waals surface area (Å²) in [5.74, 6) is 0. The molecule has 1 unspecified atom stereocenters. The summed E-state index contributed by atoms with van der Waals surface area (Å²) in [6.45, 7) is 7.44. The molecule has 0 radical (unpaired) electrons. The Hall–Kier alpha value is -0.0300. The number of thiophene rings is 1. The van der Waals surface area contributed by atoms with Gasteiger partial charge in [0.15, 0.2) is 0 Å².